The Kier molecular flexibility index (Phi) is 3.86. The lowest BCUT2D eigenvalue weighted by Crippen LogP contribution is -2.23. The molecule has 0 unspecified atom stereocenters. The second kappa shape index (κ2) is 5.48. The molecule has 1 aromatic heterocycles. The minimum Gasteiger partial charge on any atom is -0.396 e. The summed E-state index contributed by atoms with van der Waals surface area (Å²) in [5, 5.41) is 7.45. The third-order valence-electron chi connectivity index (χ3n) is 4.09. The Morgan fingerprint density at radius 1 is 1.35 bits per heavy atom. The first kappa shape index (κ1) is 14.1. The number of thioether (sulfide) groups is 1. The van der Waals surface area contributed by atoms with Gasteiger partial charge in [-0.25, -0.2) is 0 Å². The molecule has 0 radical (unpaired) electrons. The summed E-state index contributed by atoms with van der Waals surface area (Å²) in [5.41, 5.74) is 6.76. The lowest BCUT2D eigenvalue weighted by atomic mass is 10.1. The van der Waals surface area contributed by atoms with Crippen LogP contribution in [0.4, 0.5) is 10.7 Å². The monoisotopic (exact) mass is 311 g/mol. The summed E-state index contributed by atoms with van der Waals surface area (Å²) in [6, 6.07) is 0.580. The number of amides is 1. The van der Waals surface area contributed by atoms with Gasteiger partial charge in [0.2, 0.25) is 0 Å². The molecule has 0 saturated heterocycles. The summed E-state index contributed by atoms with van der Waals surface area (Å²) in [7, 11) is 1.64. The molecule has 0 bridgehead atoms. The van der Waals surface area contributed by atoms with Gasteiger partial charge in [-0.1, -0.05) is 0 Å². The third-order valence-corrected chi connectivity index (χ3v) is 6.19. The molecular weight excluding hydrogens is 290 g/mol. The highest BCUT2D eigenvalue weighted by Gasteiger charge is 2.42. The molecule has 1 heterocycles. The van der Waals surface area contributed by atoms with Crippen molar-refractivity contribution in [1.29, 1.82) is 0 Å². The number of carbonyl (C=O) groups is 1. The van der Waals surface area contributed by atoms with Crippen LogP contribution in [0, 0.1) is 11.8 Å². The zero-order valence-corrected chi connectivity index (χ0v) is 13.5. The maximum absolute atomic E-state index is 11.9. The Hall–Kier alpha value is -0.880. The lowest BCUT2D eigenvalue weighted by Gasteiger charge is -2.18. The zero-order chi connectivity index (χ0) is 14.3. The smallest absolute Gasteiger partial charge is 0.263 e. The summed E-state index contributed by atoms with van der Waals surface area (Å²) < 4.78 is 0. The fourth-order valence-corrected chi connectivity index (χ4v) is 4.71. The topological polar surface area (TPSA) is 67.2 Å². The maximum Gasteiger partial charge on any atom is 0.263 e. The van der Waals surface area contributed by atoms with Crippen molar-refractivity contribution < 1.29 is 4.79 Å². The molecule has 2 saturated carbocycles. The second-order valence-corrected chi connectivity index (χ2v) is 7.47. The number of nitrogen functional groups attached to an aromatic ring is 1. The fraction of sp³-hybridized carbons (Fsp3) is 0.643. The summed E-state index contributed by atoms with van der Waals surface area (Å²) in [6.07, 6.45) is 7.37. The van der Waals surface area contributed by atoms with E-state index in [1.165, 1.54) is 37.0 Å². The lowest BCUT2D eigenvalue weighted by molar-refractivity contribution is 0.0968. The van der Waals surface area contributed by atoms with Crippen LogP contribution in [0.5, 0.6) is 0 Å². The summed E-state index contributed by atoms with van der Waals surface area (Å²) >= 11 is 3.11. The molecule has 0 spiro atoms. The molecule has 2 aliphatic rings. The van der Waals surface area contributed by atoms with E-state index < -0.39 is 0 Å². The quantitative estimate of drug-likeness (QED) is 0.707. The van der Waals surface area contributed by atoms with Gasteiger partial charge in [0.25, 0.3) is 5.91 Å². The van der Waals surface area contributed by atoms with E-state index in [0.717, 1.165) is 21.7 Å². The minimum atomic E-state index is -0.0924. The zero-order valence-electron chi connectivity index (χ0n) is 11.9. The molecule has 2 aliphatic carbocycles. The van der Waals surface area contributed by atoms with Gasteiger partial charge in [-0.15, -0.1) is 23.1 Å². The summed E-state index contributed by atoms with van der Waals surface area (Å²) in [6.45, 7) is 0. The van der Waals surface area contributed by atoms with Gasteiger partial charge in [-0.05, 0) is 43.8 Å². The van der Waals surface area contributed by atoms with Gasteiger partial charge in [0.15, 0.2) is 0 Å². The van der Waals surface area contributed by atoms with E-state index in [2.05, 4.69) is 10.6 Å². The van der Waals surface area contributed by atoms with Crippen molar-refractivity contribution in [3.05, 3.63) is 4.88 Å². The number of rotatable bonds is 6. The molecule has 0 aliphatic heterocycles. The molecule has 1 amide bonds. The Morgan fingerprint density at radius 2 is 1.95 bits per heavy atom. The van der Waals surface area contributed by atoms with Crippen LogP contribution in [0.15, 0.2) is 4.90 Å². The van der Waals surface area contributed by atoms with Gasteiger partial charge in [0, 0.05) is 13.1 Å². The second-order valence-electron chi connectivity index (χ2n) is 5.63. The largest absolute Gasteiger partial charge is 0.396 e. The van der Waals surface area contributed by atoms with Crippen molar-refractivity contribution >= 4 is 39.7 Å². The van der Waals surface area contributed by atoms with Crippen molar-refractivity contribution in [3.63, 3.8) is 0 Å². The molecule has 4 N–H and O–H groups in total. The number of thiophene rings is 1. The highest BCUT2D eigenvalue weighted by molar-refractivity contribution is 7.99. The molecule has 2 fully saturated rings. The van der Waals surface area contributed by atoms with Crippen molar-refractivity contribution in [2.24, 2.45) is 11.8 Å². The van der Waals surface area contributed by atoms with Gasteiger partial charge in [0.05, 0.1) is 10.6 Å². The van der Waals surface area contributed by atoms with Gasteiger partial charge in [0.1, 0.15) is 9.88 Å². The van der Waals surface area contributed by atoms with Crippen molar-refractivity contribution in [1.82, 2.24) is 5.32 Å². The van der Waals surface area contributed by atoms with E-state index in [0.29, 0.717) is 16.6 Å². The molecule has 1 aromatic rings. The molecule has 110 valence electrons. The molecular formula is C14H21N3OS2. The Labute approximate surface area is 127 Å². The van der Waals surface area contributed by atoms with Crippen molar-refractivity contribution in [2.75, 3.05) is 24.4 Å². The average Bonchev–Trinajstić information content (AvgIpc) is 3.34. The van der Waals surface area contributed by atoms with Crippen molar-refractivity contribution in [2.45, 2.75) is 36.6 Å². The van der Waals surface area contributed by atoms with Crippen LogP contribution in [0.3, 0.4) is 0 Å². The van der Waals surface area contributed by atoms with Crippen LogP contribution >= 0.6 is 23.1 Å². The van der Waals surface area contributed by atoms with Crippen LogP contribution in [0.2, 0.25) is 0 Å². The Bertz CT molecular complexity index is 509. The van der Waals surface area contributed by atoms with E-state index in [1.807, 2.05) is 6.26 Å². The number of hydrogen-bond acceptors (Lipinski definition) is 5. The molecule has 6 heteroatoms. The number of carbonyl (C=O) groups excluding carboxylic acids is 1. The Morgan fingerprint density at radius 3 is 2.40 bits per heavy atom. The minimum absolute atomic E-state index is 0.0924. The number of nitrogens with one attached hydrogen (secondary N) is 2. The van der Waals surface area contributed by atoms with Gasteiger partial charge < -0.3 is 16.4 Å². The van der Waals surface area contributed by atoms with Crippen LogP contribution in [-0.4, -0.2) is 25.3 Å². The SMILES string of the molecule is CNC(=O)c1sc(NC(C2CC2)C2CC2)c(SC)c1N. The predicted molar refractivity (Wildman–Crippen MR) is 86.8 cm³/mol. The molecule has 20 heavy (non-hydrogen) atoms. The van der Waals surface area contributed by atoms with E-state index in [4.69, 9.17) is 5.73 Å². The summed E-state index contributed by atoms with van der Waals surface area (Å²) in [5.74, 6) is 1.55. The first-order valence-corrected chi connectivity index (χ1v) is 9.14. The fourth-order valence-electron chi connectivity index (χ4n) is 2.69. The third kappa shape index (κ3) is 2.63. The number of nitrogens with two attached hydrogens (primary N) is 1. The van der Waals surface area contributed by atoms with E-state index >= 15 is 0 Å². The maximum atomic E-state index is 11.9. The van der Waals surface area contributed by atoms with Gasteiger partial charge >= 0.3 is 0 Å². The molecule has 3 rings (SSSR count). The average molecular weight is 311 g/mol. The van der Waals surface area contributed by atoms with Crippen LogP contribution < -0.4 is 16.4 Å². The van der Waals surface area contributed by atoms with E-state index in [9.17, 15) is 4.79 Å². The molecule has 4 nitrogen and oxygen atoms in total. The number of anilines is 2. The normalized spacial score (nSPS) is 18.4. The first-order chi connectivity index (χ1) is 9.65. The van der Waals surface area contributed by atoms with Crippen LogP contribution in [0.25, 0.3) is 0 Å². The van der Waals surface area contributed by atoms with Crippen LogP contribution in [0.1, 0.15) is 35.4 Å². The van der Waals surface area contributed by atoms with Gasteiger partial charge in [-0.3, -0.25) is 4.79 Å². The molecule has 0 aromatic carbocycles. The van der Waals surface area contributed by atoms with E-state index in [1.54, 1.807) is 18.8 Å². The van der Waals surface area contributed by atoms with Crippen molar-refractivity contribution in [3.8, 4) is 0 Å². The summed E-state index contributed by atoms with van der Waals surface area (Å²) in [4.78, 5) is 13.5. The van der Waals surface area contributed by atoms with Crippen LogP contribution in [-0.2, 0) is 0 Å². The predicted octanol–water partition coefficient (Wildman–Crippen LogP) is 3.01. The Balaban J connectivity index is 1.85. The highest BCUT2D eigenvalue weighted by atomic mass is 32.2. The number of hydrogen-bond donors (Lipinski definition) is 3. The first-order valence-electron chi connectivity index (χ1n) is 7.10. The molecule has 0 atom stereocenters. The highest BCUT2D eigenvalue weighted by Crippen LogP contribution is 2.49. The van der Waals surface area contributed by atoms with E-state index in [-0.39, 0.29) is 5.91 Å². The van der Waals surface area contributed by atoms with Gasteiger partial charge in [-0.2, -0.15) is 0 Å². The standard InChI is InChI=1S/C14H21N3OS2/c1-16-13(18)11-9(15)12(19-2)14(20-11)17-10(7-3-4-7)8-5-6-8/h7-8,10,17H,3-6,15H2,1-2H3,(H,16,18).